The normalized spacial score (nSPS) is 19.2. The summed E-state index contributed by atoms with van der Waals surface area (Å²) in [6.07, 6.45) is 2.46. The number of nitrogens with zero attached hydrogens (tertiary/aromatic N) is 1. The van der Waals surface area contributed by atoms with Crippen LogP contribution in [-0.4, -0.2) is 42.8 Å². The molecule has 1 aromatic carbocycles. The van der Waals surface area contributed by atoms with Crippen LogP contribution in [0.15, 0.2) is 24.3 Å². The Morgan fingerprint density at radius 1 is 1.40 bits per heavy atom. The molecule has 0 aromatic heterocycles. The fraction of sp³-hybridized carbons (Fsp3) is 0.562. The minimum atomic E-state index is -0.777. The highest BCUT2D eigenvalue weighted by atomic mass is 16.5. The van der Waals surface area contributed by atoms with Crippen LogP contribution in [0.4, 0.5) is 0 Å². The first-order chi connectivity index (χ1) is 9.65. The molecule has 0 saturated carbocycles. The largest absolute Gasteiger partial charge is 0.481 e. The molecule has 1 atom stereocenters. The van der Waals surface area contributed by atoms with Gasteiger partial charge in [-0.25, -0.2) is 0 Å². The number of carboxylic acid groups (broad SMARTS) is 1. The Balaban J connectivity index is 1.92. The monoisotopic (exact) mass is 277 g/mol. The molecular formula is C16H23NO3. The molecule has 110 valence electrons. The summed E-state index contributed by atoms with van der Waals surface area (Å²) in [6, 6.07) is 7.79. The first-order valence-corrected chi connectivity index (χ1v) is 7.20. The van der Waals surface area contributed by atoms with Gasteiger partial charge < -0.3 is 14.7 Å². The maximum absolute atomic E-state index is 10.9. The summed E-state index contributed by atoms with van der Waals surface area (Å²) in [6.45, 7) is 3.53. The van der Waals surface area contributed by atoms with Crippen molar-refractivity contribution in [2.24, 2.45) is 5.92 Å². The topological polar surface area (TPSA) is 49.8 Å². The van der Waals surface area contributed by atoms with Gasteiger partial charge in [-0.2, -0.15) is 0 Å². The Kier molecular flexibility index (Phi) is 5.56. The van der Waals surface area contributed by atoms with E-state index in [1.165, 1.54) is 6.42 Å². The van der Waals surface area contributed by atoms with Crippen LogP contribution in [0.1, 0.15) is 24.0 Å². The number of benzene rings is 1. The SMILES string of the molecule is CN(Cc1ccccc1CC(=O)O)CC1CCCOC1. The molecule has 1 unspecified atom stereocenters. The lowest BCUT2D eigenvalue weighted by Gasteiger charge is -2.27. The maximum atomic E-state index is 10.9. The maximum Gasteiger partial charge on any atom is 0.307 e. The van der Waals surface area contributed by atoms with Crippen LogP contribution in [-0.2, 0) is 22.5 Å². The molecule has 1 fully saturated rings. The summed E-state index contributed by atoms with van der Waals surface area (Å²) in [5, 5.41) is 8.96. The predicted octanol–water partition coefficient (Wildman–Crippen LogP) is 2.17. The third-order valence-electron chi connectivity index (χ3n) is 3.72. The summed E-state index contributed by atoms with van der Waals surface area (Å²) in [5.41, 5.74) is 2.01. The van der Waals surface area contributed by atoms with E-state index < -0.39 is 5.97 Å². The Labute approximate surface area is 120 Å². The second kappa shape index (κ2) is 7.41. The summed E-state index contributed by atoms with van der Waals surface area (Å²) >= 11 is 0. The third kappa shape index (κ3) is 4.62. The number of carbonyl (C=O) groups is 1. The Bertz CT molecular complexity index is 441. The molecule has 1 N–H and O–H groups in total. The van der Waals surface area contributed by atoms with E-state index in [1.54, 1.807) is 0 Å². The van der Waals surface area contributed by atoms with Crippen LogP contribution >= 0.6 is 0 Å². The van der Waals surface area contributed by atoms with Crippen LogP contribution in [0, 0.1) is 5.92 Å². The van der Waals surface area contributed by atoms with Crippen LogP contribution in [0.3, 0.4) is 0 Å². The quantitative estimate of drug-likeness (QED) is 0.866. The van der Waals surface area contributed by atoms with Crippen molar-refractivity contribution in [1.29, 1.82) is 0 Å². The second-order valence-electron chi connectivity index (χ2n) is 5.62. The fourth-order valence-electron chi connectivity index (χ4n) is 2.79. The van der Waals surface area contributed by atoms with Crippen molar-refractivity contribution in [1.82, 2.24) is 4.90 Å². The number of aliphatic carboxylic acids is 1. The average molecular weight is 277 g/mol. The number of carboxylic acids is 1. The summed E-state index contributed by atoms with van der Waals surface area (Å²) in [7, 11) is 2.09. The van der Waals surface area contributed by atoms with Crippen molar-refractivity contribution < 1.29 is 14.6 Å². The van der Waals surface area contributed by atoms with E-state index in [0.717, 1.165) is 43.9 Å². The minimum absolute atomic E-state index is 0.0938. The summed E-state index contributed by atoms with van der Waals surface area (Å²) in [4.78, 5) is 13.2. The molecule has 1 aromatic rings. The Morgan fingerprint density at radius 3 is 2.80 bits per heavy atom. The molecule has 1 aliphatic heterocycles. The van der Waals surface area contributed by atoms with Crippen molar-refractivity contribution in [3.8, 4) is 0 Å². The fourth-order valence-corrected chi connectivity index (χ4v) is 2.79. The van der Waals surface area contributed by atoms with Crippen LogP contribution in [0.5, 0.6) is 0 Å². The molecule has 1 aliphatic rings. The van der Waals surface area contributed by atoms with Crippen molar-refractivity contribution in [2.45, 2.75) is 25.8 Å². The molecule has 1 heterocycles. The highest BCUT2D eigenvalue weighted by Gasteiger charge is 2.16. The van der Waals surface area contributed by atoms with Crippen molar-refractivity contribution in [3.05, 3.63) is 35.4 Å². The van der Waals surface area contributed by atoms with Gasteiger partial charge in [0.15, 0.2) is 0 Å². The van der Waals surface area contributed by atoms with Gasteiger partial charge in [-0.05, 0) is 36.9 Å². The standard InChI is InChI=1S/C16H23NO3/c1-17(10-13-5-4-8-20-12-13)11-15-7-3-2-6-14(15)9-16(18)19/h2-3,6-7,13H,4-5,8-12H2,1H3,(H,18,19). The lowest BCUT2D eigenvalue weighted by molar-refractivity contribution is -0.136. The van der Waals surface area contributed by atoms with Crippen LogP contribution < -0.4 is 0 Å². The molecule has 4 heteroatoms. The summed E-state index contributed by atoms with van der Waals surface area (Å²) in [5.74, 6) is -0.179. The van der Waals surface area contributed by atoms with E-state index >= 15 is 0 Å². The molecule has 2 rings (SSSR count). The molecular weight excluding hydrogens is 254 g/mol. The molecule has 0 bridgehead atoms. The van der Waals surface area contributed by atoms with Crippen LogP contribution in [0.2, 0.25) is 0 Å². The van der Waals surface area contributed by atoms with Gasteiger partial charge >= 0.3 is 5.97 Å². The predicted molar refractivity (Wildman–Crippen MR) is 77.7 cm³/mol. The zero-order valence-corrected chi connectivity index (χ0v) is 12.0. The zero-order chi connectivity index (χ0) is 14.4. The van der Waals surface area contributed by atoms with Crippen molar-refractivity contribution >= 4 is 5.97 Å². The van der Waals surface area contributed by atoms with E-state index in [4.69, 9.17) is 9.84 Å². The van der Waals surface area contributed by atoms with Gasteiger partial charge in [0.2, 0.25) is 0 Å². The second-order valence-corrected chi connectivity index (χ2v) is 5.62. The zero-order valence-electron chi connectivity index (χ0n) is 12.0. The molecule has 0 amide bonds. The van der Waals surface area contributed by atoms with Gasteiger partial charge in [0.05, 0.1) is 13.0 Å². The number of rotatable bonds is 6. The first kappa shape index (κ1) is 15.0. The Hall–Kier alpha value is -1.39. The molecule has 4 nitrogen and oxygen atoms in total. The molecule has 1 saturated heterocycles. The van der Waals surface area contributed by atoms with Crippen molar-refractivity contribution in [3.63, 3.8) is 0 Å². The van der Waals surface area contributed by atoms with Gasteiger partial charge in [0, 0.05) is 19.7 Å². The van der Waals surface area contributed by atoms with E-state index in [-0.39, 0.29) is 6.42 Å². The highest BCUT2D eigenvalue weighted by Crippen LogP contribution is 2.17. The van der Waals surface area contributed by atoms with Gasteiger partial charge in [-0.3, -0.25) is 4.79 Å². The molecule has 0 radical (unpaired) electrons. The number of ether oxygens (including phenoxy) is 1. The molecule has 20 heavy (non-hydrogen) atoms. The number of hydrogen-bond acceptors (Lipinski definition) is 3. The molecule has 0 aliphatic carbocycles. The van der Waals surface area contributed by atoms with Gasteiger partial charge in [-0.1, -0.05) is 24.3 Å². The summed E-state index contributed by atoms with van der Waals surface area (Å²) < 4.78 is 5.51. The minimum Gasteiger partial charge on any atom is -0.481 e. The van der Waals surface area contributed by atoms with Crippen LogP contribution in [0.25, 0.3) is 0 Å². The lowest BCUT2D eigenvalue weighted by atomic mass is 10.0. The average Bonchev–Trinajstić information content (AvgIpc) is 2.41. The van der Waals surface area contributed by atoms with Gasteiger partial charge in [0.1, 0.15) is 0 Å². The van der Waals surface area contributed by atoms with Gasteiger partial charge in [0.25, 0.3) is 0 Å². The van der Waals surface area contributed by atoms with E-state index in [0.29, 0.717) is 5.92 Å². The number of hydrogen-bond donors (Lipinski definition) is 1. The highest BCUT2D eigenvalue weighted by molar-refractivity contribution is 5.70. The van der Waals surface area contributed by atoms with E-state index in [1.807, 2.05) is 24.3 Å². The van der Waals surface area contributed by atoms with E-state index in [2.05, 4.69) is 11.9 Å². The van der Waals surface area contributed by atoms with Crippen molar-refractivity contribution in [2.75, 3.05) is 26.8 Å². The van der Waals surface area contributed by atoms with E-state index in [9.17, 15) is 4.79 Å². The smallest absolute Gasteiger partial charge is 0.307 e. The third-order valence-corrected chi connectivity index (χ3v) is 3.72. The van der Waals surface area contributed by atoms with Gasteiger partial charge in [-0.15, -0.1) is 0 Å². The Morgan fingerprint density at radius 2 is 2.15 bits per heavy atom. The lowest BCUT2D eigenvalue weighted by Crippen LogP contribution is -2.30. The first-order valence-electron chi connectivity index (χ1n) is 7.20. The molecule has 0 spiro atoms.